The number of hydrogen-bond acceptors (Lipinski definition) is 5. The molecule has 1 N–H and O–H groups in total. The van der Waals surface area contributed by atoms with Crippen LogP contribution in [0.4, 0.5) is 0 Å². The summed E-state index contributed by atoms with van der Waals surface area (Å²) < 4.78 is 8.94. The zero-order valence-electron chi connectivity index (χ0n) is 20.9. The minimum atomic E-state index is 0.191. The van der Waals surface area contributed by atoms with Crippen molar-refractivity contribution < 1.29 is 4.74 Å². The van der Waals surface area contributed by atoms with Crippen molar-refractivity contribution in [3.63, 3.8) is 0 Å². The molecule has 1 saturated heterocycles. The maximum absolute atomic E-state index is 6.49. The van der Waals surface area contributed by atoms with Gasteiger partial charge in [0.05, 0.1) is 22.9 Å². The number of para-hydroxylation sites is 1. The van der Waals surface area contributed by atoms with Gasteiger partial charge in [-0.3, -0.25) is 0 Å². The molecule has 37 heavy (non-hydrogen) atoms. The number of thiazole rings is 1. The number of thioether (sulfide) groups is 1. The van der Waals surface area contributed by atoms with E-state index in [1.165, 1.54) is 36.5 Å². The number of aryl methyl sites for hydroxylation is 1. The van der Waals surface area contributed by atoms with Crippen molar-refractivity contribution in [3.8, 4) is 0 Å². The first kappa shape index (κ1) is 24.6. The van der Waals surface area contributed by atoms with Gasteiger partial charge in [-0.05, 0) is 71.5 Å². The van der Waals surface area contributed by atoms with Gasteiger partial charge in [-0.15, -0.1) is 11.3 Å². The zero-order chi connectivity index (χ0) is 24.9. The Balaban J connectivity index is 1.02. The quantitative estimate of drug-likeness (QED) is 0.157. The van der Waals surface area contributed by atoms with Crippen molar-refractivity contribution in [1.29, 1.82) is 0 Å². The molecule has 1 aromatic heterocycles. The highest BCUT2D eigenvalue weighted by Crippen LogP contribution is 2.31. The molecule has 0 radical (unpaired) electrons. The molecule has 1 aliphatic rings. The van der Waals surface area contributed by atoms with Gasteiger partial charge in [0.25, 0.3) is 0 Å². The fraction of sp³-hybridized carbons (Fsp3) is 0.281. The van der Waals surface area contributed by atoms with E-state index in [0.717, 1.165) is 43.6 Å². The highest BCUT2D eigenvalue weighted by molar-refractivity contribution is 8.01. The number of ether oxygens (including phenoxy) is 1. The van der Waals surface area contributed by atoms with Gasteiger partial charge in [-0.1, -0.05) is 84.6 Å². The lowest BCUT2D eigenvalue weighted by Gasteiger charge is -2.32. The monoisotopic (exact) mass is 524 g/mol. The van der Waals surface area contributed by atoms with Crippen LogP contribution in [0.25, 0.3) is 21.0 Å². The van der Waals surface area contributed by atoms with Crippen LogP contribution in [0.5, 0.6) is 0 Å². The van der Waals surface area contributed by atoms with E-state index in [1.54, 1.807) is 11.3 Å². The van der Waals surface area contributed by atoms with Crippen LogP contribution in [0, 0.1) is 0 Å². The van der Waals surface area contributed by atoms with E-state index in [-0.39, 0.29) is 6.10 Å². The summed E-state index contributed by atoms with van der Waals surface area (Å²) in [5.41, 5.74) is 5.17. The lowest BCUT2D eigenvalue weighted by atomic mass is 9.87. The third-order valence-corrected chi connectivity index (χ3v) is 9.49. The highest BCUT2D eigenvalue weighted by atomic mass is 32.2. The van der Waals surface area contributed by atoms with Gasteiger partial charge in [0.2, 0.25) is 0 Å². The third kappa shape index (κ3) is 6.07. The molecule has 188 valence electrons. The normalized spacial score (nSPS) is 17.9. The summed E-state index contributed by atoms with van der Waals surface area (Å²) in [6.45, 7) is 2.60. The molecule has 0 amide bonds. The lowest BCUT2D eigenvalue weighted by molar-refractivity contribution is 0.0106. The molecule has 0 aliphatic carbocycles. The molecule has 2 unspecified atom stereocenters. The molecular formula is C32H32N2OS2. The van der Waals surface area contributed by atoms with Crippen LogP contribution in [-0.2, 0) is 17.8 Å². The number of nitrogens with zero attached hydrogens (tertiary/aromatic N) is 1. The molecule has 0 spiro atoms. The standard InChI is InChI=1S/C32H32N2OS2/c1-2-8-27-20-24(13-14-25(27)7-1)22-35-30-21-33-18-17-28(30)26-15-11-23(12-16-26)6-5-19-36-32-34-29-9-3-4-10-31(29)37-32/h1-4,7-16,20,28,30,33H,5-6,17-19,21-22H2. The summed E-state index contributed by atoms with van der Waals surface area (Å²) in [4.78, 5) is 4.74. The fourth-order valence-electron chi connectivity index (χ4n) is 5.20. The second kappa shape index (κ2) is 11.8. The van der Waals surface area contributed by atoms with Gasteiger partial charge in [0.1, 0.15) is 0 Å². The molecule has 5 aromatic rings. The van der Waals surface area contributed by atoms with Crippen molar-refractivity contribution in [1.82, 2.24) is 10.3 Å². The van der Waals surface area contributed by atoms with Crippen LogP contribution in [0.1, 0.15) is 35.4 Å². The first-order valence-corrected chi connectivity index (χ1v) is 15.0. The minimum absolute atomic E-state index is 0.191. The number of aromatic nitrogens is 1. The average molecular weight is 525 g/mol. The molecule has 3 nitrogen and oxygen atoms in total. The number of fused-ring (bicyclic) bond motifs is 2. The molecular weight excluding hydrogens is 492 g/mol. The van der Waals surface area contributed by atoms with Gasteiger partial charge >= 0.3 is 0 Å². The molecule has 0 saturated carbocycles. The van der Waals surface area contributed by atoms with E-state index in [1.807, 2.05) is 11.8 Å². The summed E-state index contributed by atoms with van der Waals surface area (Å²) in [5.74, 6) is 1.53. The Kier molecular flexibility index (Phi) is 7.84. The largest absolute Gasteiger partial charge is 0.372 e. The molecule has 1 aliphatic heterocycles. The van der Waals surface area contributed by atoms with Crippen LogP contribution in [-0.4, -0.2) is 29.9 Å². The molecule has 5 heteroatoms. The van der Waals surface area contributed by atoms with Crippen LogP contribution in [0.3, 0.4) is 0 Å². The molecule has 6 rings (SSSR count). The summed E-state index contributed by atoms with van der Waals surface area (Å²) in [6, 6.07) is 32.9. The minimum Gasteiger partial charge on any atom is -0.372 e. The molecule has 4 aromatic carbocycles. The lowest BCUT2D eigenvalue weighted by Crippen LogP contribution is -2.40. The summed E-state index contributed by atoms with van der Waals surface area (Å²) in [5, 5.41) is 6.09. The van der Waals surface area contributed by atoms with Gasteiger partial charge in [0.15, 0.2) is 4.34 Å². The predicted octanol–water partition coefficient (Wildman–Crippen LogP) is 7.84. The second-order valence-corrected chi connectivity index (χ2v) is 12.1. The Bertz CT molecular complexity index is 1430. The van der Waals surface area contributed by atoms with E-state index in [0.29, 0.717) is 12.5 Å². The highest BCUT2D eigenvalue weighted by Gasteiger charge is 2.27. The number of rotatable bonds is 9. The Morgan fingerprint density at radius 2 is 1.70 bits per heavy atom. The summed E-state index contributed by atoms with van der Waals surface area (Å²) >= 11 is 3.68. The van der Waals surface area contributed by atoms with Gasteiger partial charge in [-0.2, -0.15) is 0 Å². The van der Waals surface area contributed by atoms with Crippen molar-refractivity contribution in [3.05, 3.63) is 108 Å². The Morgan fingerprint density at radius 1 is 0.892 bits per heavy atom. The van der Waals surface area contributed by atoms with Crippen molar-refractivity contribution in [2.24, 2.45) is 0 Å². The van der Waals surface area contributed by atoms with E-state index >= 15 is 0 Å². The number of piperidine rings is 1. The van der Waals surface area contributed by atoms with Crippen LogP contribution in [0.2, 0.25) is 0 Å². The zero-order valence-corrected chi connectivity index (χ0v) is 22.6. The maximum atomic E-state index is 6.49. The number of benzene rings is 4. The van der Waals surface area contributed by atoms with E-state index in [4.69, 9.17) is 9.72 Å². The summed E-state index contributed by atoms with van der Waals surface area (Å²) in [7, 11) is 0. The van der Waals surface area contributed by atoms with Crippen LogP contribution >= 0.6 is 23.1 Å². The van der Waals surface area contributed by atoms with Crippen molar-refractivity contribution in [2.45, 2.75) is 42.2 Å². The maximum Gasteiger partial charge on any atom is 0.151 e. The number of nitrogens with one attached hydrogen (secondary N) is 1. The SMILES string of the molecule is c1ccc2cc(COC3CNCCC3c3ccc(CCCSc4nc5ccccc5s4)cc3)ccc2c1. The Hall–Kier alpha value is -2.70. The van der Waals surface area contributed by atoms with E-state index < -0.39 is 0 Å². The van der Waals surface area contributed by atoms with Crippen molar-refractivity contribution >= 4 is 44.1 Å². The van der Waals surface area contributed by atoms with Crippen molar-refractivity contribution in [2.75, 3.05) is 18.8 Å². The Morgan fingerprint density at radius 3 is 2.59 bits per heavy atom. The molecule has 1 fully saturated rings. The molecule has 0 bridgehead atoms. The van der Waals surface area contributed by atoms with Gasteiger partial charge < -0.3 is 10.1 Å². The van der Waals surface area contributed by atoms with Gasteiger partial charge in [-0.25, -0.2) is 4.98 Å². The second-order valence-electron chi connectivity index (χ2n) is 9.77. The summed E-state index contributed by atoms with van der Waals surface area (Å²) in [6.07, 6.45) is 3.56. The van der Waals surface area contributed by atoms with E-state index in [2.05, 4.69) is 96.3 Å². The third-order valence-electron chi connectivity index (χ3n) is 7.22. The van der Waals surface area contributed by atoms with Crippen LogP contribution in [0.15, 0.2) is 95.3 Å². The topological polar surface area (TPSA) is 34.1 Å². The van der Waals surface area contributed by atoms with E-state index in [9.17, 15) is 0 Å². The van der Waals surface area contributed by atoms with Gasteiger partial charge in [0, 0.05) is 18.2 Å². The van der Waals surface area contributed by atoms with Crippen LogP contribution < -0.4 is 5.32 Å². The first-order chi connectivity index (χ1) is 18.3. The fourth-order valence-corrected chi connectivity index (χ4v) is 7.28. The molecule has 2 atom stereocenters. The predicted molar refractivity (Wildman–Crippen MR) is 158 cm³/mol. The number of hydrogen-bond donors (Lipinski definition) is 1. The first-order valence-electron chi connectivity index (χ1n) is 13.2. The molecule has 2 heterocycles. The Labute approximate surface area is 227 Å². The smallest absolute Gasteiger partial charge is 0.151 e. The average Bonchev–Trinajstić information content (AvgIpc) is 3.38.